The summed E-state index contributed by atoms with van der Waals surface area (Å²) >= 11 is 6.58. The van der Waals surface area contributed by atoms with Gasteiger partial charge in [0.2, 0.25) is 0 Å². The highest BCUT2D eigenvalue weighted by Crippen LogP contribution is 2.37. The molecule has 2 N–H and O–H groups in total. The Bertz CT molecular complexity index is 1480. The Morgan fingerprint density at radius 1 is 1.06 bits per heavy atom. The molecule has 0 saturated carbocycles. The van der Waals surface area contributed by atoms with Crippen molar-refractivity contribution in [2.24, 2.45) is 4.99 Å². The summed E-state index contributed by atoms with van der Waals surface area (Å²) in [5.74, 6) is 0.530. The smallest absolute Gasteiger partial charge is 0.195 e. The van der Waals surface area contributed by atoms with Crippen LogP contribution in [0.15, 0.2) is 64.5 Å². The number of aliphatic hydroxyl groups excluding tert-OH is 1. The predicted octanol–water partition coefficient (Wildman–Crippen LogP) is 4.23. The van der Waals surface area contributed by atoms with Crippen molar-refractivity contribution < 1.29 is 23.5 Å². The van der Waals surface area contributed by atoms with Crippen LogP contribution in [-0.4, -0.2) is 64.1 Å². The van der Waals surface area contributed by atoms with Crippen molar-refractivity contribution in [3.8, 4) is 22.4 Å². The van der Waals surface area contributed by atoms with Crippen LogP contribution < -0.4 is 0 Å². The number of hydrogen-bond donors (Lipinski definition) is 2. The van der Waals surface area contributed by atoms with Crippen LogP contribution in [0, 0.1) is 4.78 Å². The first kappa shape index (κ1) is 23.6. The number of halogens is 1. The number of pyridine rings is 1. The molecular formula is C26H24ClN3O5S. The van der Waals surface area contributed by atoms with Gasteiger partial charge in [0.25, 0.3) is 0 Å². The molecule has 36 heavy (non-hydrogen) atoms. The van der Waals surface area contributed by atoms with Crippen molar-refractivity contribution >= 4 is 32.9 Å². The van der Waals surface area contributed by atoms with E-state index in [1.54, 1.807) is 18.2 Å². The molecule has 2 saturated heterocycles. The van der Waals surface area contributed by atoms with Crippen LogP contribution >= 0.6 is 11.6 Å². The molecule has 0 spiro atoms. The van der Waals surface area contributed by atoms with E-state index in [0.29, 0.717) is 40.2 Å². The van der Waals surface area contributed by atoms with Crippen molar-refractivity contribution in [3.63, 3.8) is 0 Å². The first-order chi connectivity index (χ1) is 17.3. The molecule has 0 aliphatic carbocycles. The van der Waals surface area contributed by atoms with E-state index in [4.69, 9.17) is 35.6 Å². The SMILES string of the molecule is CS(=N)(=O)c1cccc(-c2ccc(-c3nc4c(cc3Cl)N=C(O[C@@H]3CO[C@H]5[C@@H]3OC[C@H]5O)C4)cc2)c1. The van der Waals surface area contributed by atoms with Crippen LogP contribution in [0.1, 0.15) is 5.69 Å². The maximum atomic E-state index is 12.1. The molecule has 4 heterocycles. The van der Waals surface area contributed by atoms with Gasteiger partial charge in [-0.1, -0.05) is 48.0 Å². The van der Waals surface area contributed by atoms with Crippen LogP contribution in [0.3, 0.4) is 0 Å². The van der Waals surface area contributed by atoms with Crippen LogP contribution in [-0.2, 0) is 30.4 Å². The topological polar surface area (TPSA) is 114 Å². The van der Waals surface area contributed by atoms with E-state index < -0.39 is 15.8 Å². The number of rotatable bonds is 4. The lowest BCUT2D eigenvalue weighted by Crippen LogP contribution is -2.34. The van der Waals surface area contributed by atoms with E-state index >= 15 is 0 Å². The molecule has 0 amide bonds. The number of aromatic nitrogens is 1. The van der Waals surface area contributed by atoms with Gasteiger partial charge < -0.3 is 19.3 Å². The molecular weight excluding hydrogens is 502 g/mol. The fraction of sp³-hybridized carbons (Fsp3) is 0.308. The van der Waals surface area contributed by atoms with E-state index in [9.17, 15) is 9.32 Å². The number of nitrogens with zero attached hydrogens (tertiary/aromatic N) is 2. The van der Waals surface area contributed by atoms with Crippen LogP contribution in [0.2, 0.25) is 5.02 Å². The van der Waals surface area contributed by atoms with Crippen molar-refractivity contribution in [2.45, 2.75) is 35.7 Å². The van der Waals surface area contributed by atoms with Crippen molar-refractivity contribution in [1.29, 1.82) is 4.78 Å². The van der Waals surface area contributed by atoms with Crippen molar-refractivity contribution in [1.82, 2.24) is 4.98 Å². The van der Waals surface area contributed by atoms with E-state index in [-0.39, 0.29) is 24.9 Å². The number of ether oxygens (including phenoxy) is 3. The number of aliphatic hydroxyl groups is 1. The van der Waals surface area contributed by atoms with Gasteiger partial charge in [-0.05, 0) is 29.3 Å². The molecule has 0 radical (unpaired) electrons. The standard InChI is InChI=1S/C26H24ClN3O5S/c1-36(28,32)17-4-2-3-16(9-17)14-5-7-15(8-6-14)24-18(27)10-19-20(30-24)11-23(29-19)35-22-13-34-25-21(31)12-33-26(22)25/h2-10,21-22,25-26,28,31H,11-13H2,1H3/t21-,22-,25-,26-,36?/m1/s1. The highest BCUT2D eigenvalue weighted by atomic mass is 35.5. The Labute approximate surface area is 213 Å². The number of fused-ring (bicyclic) bond motifs is 2. The van der Waals surface area contributed by atoms with Crippen molar-refractivity contribution in [2.75, 3.05) is 19.5 Å². The Morgan fingerprint density at radius 2 is 1.81 bits per heavy atom. The highest BCUT2D eigenvalue weighted by molar-refractivity contribution is 7.91. The molecule has 0 bridgehead atoms. The molecule has 3 aliphatic rings. The number of nitrogens with one attached hydrogen (secondary N) is 1. The Kier molecular flexibility index (Phi) is 5.85. The molecule has 186 valence electrons. The largest absolute Gasteiger partial charge is 0.472 e. The summed E-state index contributed by atoms with van der Waals surface area (Å²) < 4.78 is 37.3. The summed E-state index contributed by atoms with van der Waals surface area (Å²) in [6.45, 7) is 0.587. The predicted molar refractivity (Wildman–Crippen MR) is 136 cm³/mol. The van der Waals surface area contributed by atoms with Crippen LogP contribution in [0.5, 0.6) is 0 Å². The second-order valence-electron chi connectivity index (χ2n) is 9.24. The number of hydrogen-bond acceptors (Lipinski definition) is 8. The monoisotopic (exact) mass is 525 g/mol. The first-order valence-corrected chi connectivity index (χ1v) is 13.9. The van der Waals surface area contributed by atoms with Crippen LogP contribution in [0.25, 0.3) is 22.4 Å². The summed E-state index contributed by atoms with van der Waals surface area (Å²) in [4.78, 5) is 9.84. The average Bonchev–Trinajstić information content (AvgIpc) is 3.55. The third-order valence-electron chi connectivity index (χ3n) is 6.64. The lowest BCUT2D eigenvalue weighted by molar-refractivity contribution is 0.00558. The van der Waals surface area contributed by atoms with Crippen LogP contribution in [0.4, 0.5) is 5.69 Å². The molecule has 1 unspecified atom stereocenters. The Morgan fingerprint density at radius 3 is 2.58 bits per heavy atom. The normalized spacial score (nSPS) is 26.2. The zero-order valence-corrected chi connectivity index (χ0v) is 21.0. The molecule has 3 aliphatic heterocycles. The fourth-order valence-electron chi connectivity index (χ4n) is 4.79. The fourth-order valence-corrected chi connectivity index (χ4v) is 5.73. The summed E-state index contributed by atoms with van der Waals surface area (Å²) in [6.07, 6.45) is 0.240. The molecule has 2 fully saturated rings. The van der Waals surface area contributed by atoms with Gasteiger partial charge in [-0.25, -0.2) is 19.0 Å². The molecule has 5 atom stereocenters. The lowest BCUT2D eigenvalue weighted by Gasteiger charge is -2.17. The zero-order valence-electron chi connectivity index (χ0n) is 19.4. The summed E-state index contributed by atoms with van der Waals surface area (Å²) in [5.41, 5.74) is 4.79. The van der Waals surface area contributed by atoms with Gasteiger partial charge in [-0.15, -0.1) is 0 Å². The Balaban J connectivity index is 1.20. The third kappa shape index (κ3) is 4.31. The molecule has 10 heteroatoms. The number of aliphatic imine (C=N–C) groups is 1. The number of benzene rings is 2. The van der Waals surface area contributed by atoms with Gasteiger partial charge in [-0.3, -0.25) is 0 Å². The van der Waals surface area contributed by atoms with Gasteiger partial charge in [0.05, 0.1) is 51.5 Å². The summed E-state index contributed by atoms with van der Waals surface area (Å²) in [6, 6.07) is 16.8. The van der Waals surface area contributed by atoms with Gasteiger partial charge in [0.1, 0.15) is 18.3 Å². The van der Waals surface area contributed by atoms with Gasteiger partial charge in [-0.2, -0.15) is 0 Å². The molecule has 2 aromatic carbocycles. The summed E-state index contributed by atoms with van der Waals surface area (Å²) in [7, 11) is -2.79. The van der Waals surface area contributed by atoms with Gasteiger partial charge in [0, 0.05) is 16.7 Å². The highest BCUT2D eigenvalue weighted by Gasteiger charge is 2.48. The second kappa shape index (κ2) is 8.93. The maximum Gasteiger partial charge on any atom is 0.195 e. The molecule has 8 nitrogen and oxygen atoms in total. The van der Waals surface area contributed by atoms with Gasteiger partial charge >= 0.3 is 0 Å². The van der Waals surface area contributed by atoms with E-state index in [0.717, 1.165) is 22.4 Å². The minimum Gasteiger partial charge on any atom is -0.472 e. The minimum atomic E-state index is -2.79. The first-order valence-electron chi connectivity index (χ1n) is 11.6. The lowest BCUT2D eigenvalue weighted by atomic mass is 10.0. The van der Waals surface area contributed by atoms with Gasteiger partial charge in [0.15, 0.2) is 12.0 Å². The maximum absolute atomic E-state index is 12.1. The summed E-state index contributed by atoms with van der Waals surface area (Å²) in [5, 5.41) is 10.4. The average molecular weight is 526 g/mol. The van der Waals surface area contributed by atoms with E-state index in [1.165, 1.54) is 6.26 Å². The third-order valence-corrected chi connectivity index (χ3v) is 8.08. The minimum absolute atomic E-state index is 0.246. The Hall–Kier alpha value is -2.82. The van der Waals surface area contributed by atoms with Crippen molar-refractivity contribution in [3.05, 3.63) is 65.3 Å². The quantitative estimate of drug-likeness (QED) is 0.527. The van der Waals surface area contributed by atoms with E-state index in [1.807, 2.05) is 36.4 Å². The molecule has 3 aromatic rings. The molecule has 1 aromatic heterocycles. The molecule has 6 rings (SSSR count). The zero-order chi connectivity index (χ0) is 25.0. The second-order valence-corrected chi connectivity index (χ2v) is 11.8. The van der Waals surface area contributed by atoms with E-state index in [2.05, 4.69) is 4.99 Å².